The van der Waals surface area contributed by atoms with Gasteiger partial charge in [-0.05, 0) is 60.7 Å². The van der Waals surface area contributed by atoms with Crippen molar-refractivity contribution < 1.29 is 32.9 Å². The zero-order chi connectivity index (χ0) is 35.3. The number of nitrogens with one attached hydrogen (secondary N) is 2. The molecule has 0 aromatic heterocycles. The number of amides is 1. The summed E-state index contributed by atoms with van der Waals surface area (Å²) < 4.78 is 42.4. The molecule has 0 unspecified atom stereocenters. The van der Waals surface area contributed by atoms with Crippen LogP contribution < -0.4 is 10.0 Å². The molecule has 1 amide bonds. The van der Waals surface area contributed by atoms with Gasteiger partial charge < -0.3 is 25.0 Å². The molecule has 6 rings (SSSR count). The maximum atomic E-state index is 13.7. The molecule has 0 bridgehead atoms. The third-order valence-corrected chi connectivity index (χ3v) is 11.0. The number of aliphatic hydroxyl groups is 2. The molecule has 0 saturated carbocycles. The zero-order valence-corrected chi connectivity index (χ0v) is 29.1. The van der Waals surface area contributed by atoms with Gasteiger partial charge in [0.05, 0.1) is 29.8 Å². The molecule has 2 aliphatic heterocycles. The summed E-state index contributed by atoms with van der Waals surface area (Å²) >= 11 is 0. The van der Waals surface area contributed by atoms with Gasteiger partial charge in [-0.3, -0.25) is 9.69 Å². The number of hydrogen-bond acceptors (Lipinski definition) is 8. The van der Waals surface area contributed by atoms with Crippen LogP contribution in [0.2, 0.25) is 0 Å². The molecule has 4 N–H and O–H groups in total. The maximum absolute atomic E-state index is 13.7. The number of aliphatic hydroxyl groups excluding tert-OH is 2. The number of hydrogen-bond donors (Lipinski definition) is 4. The normalized spacial score (nSPS) is 23.4. The van der Waals surface area contributed by atoms with Crippen molar-refractivity contribution in [3.63, 3.8) is 0 Å². The van der Waals surface area contributed by atoms with Crippen molar-refractivity contribution >= 4 is 21.6 Å². The van der Waals surface area contributed by atoms with Gasteiger partial charge in [0.25, 0.3) is 0 Å². The second-order valence-corrected chi connectivity index (χ2v) is 15.0. The van der Waals surface area contributed by atoms with Gasteiger partial charge in [0, 0.05) is 36.8 Å². The van der Waals surface area contributed by atoms with Crippen LogP contribution in [0.15, 0.2) is 108 Å². The summed E-state index contributed by atoms with van der Waals surface area (Å²) in [5, 5.41) is 22.6. The van der Waals surface area contributed by atoms with Crippen molar-refractivity contribution in [2.75, 3.05) is 25.0 Å². The summed E-state index contributed by atoms with van der Waals surface area (Å²) in [6.07, 6.45) is -0.591. The monoisotopic (exact) mass is 699 g/mol. The van der Waals surface area contributed by atoms with E-state index < -0.39 is 28.3 Å². The number of ether oxygens (including phenoxy) is 2. The number of β-amino-alcohol motifs (C(OH)–C–C–N with tert-alkyl or cyclic N) is 1. The van der Waals surface area contributed by atoms with Gasteiger partial charge in [0.2, 0.25) is 15.9 Å². The van der Waals surface area contributed by atoms with E-state index in [9.17, 15) is 23.4 Å². The summed E-state index contributed by atoms with van der Waals surface area (Å²) in [6, 6.07) is 29.6. The van der Waals surface area contributed by atoms with Crippen molar-refractivity contribution in [2.24, 2.45) is 5.92 Å². The molecule has 0 spiro atoms. The Balaban J connectivity index is 1.19. The SMILES string of the molecule is Cc1ccc(S(=O)(=O)N[C@H](Cc2ccccc2)C(=O)Nc2ccc([C@@H]3O[C@H](CN4CC[C@H](O)C4)[C@H](C)[C@H](c4ccc(CO)cc4)O3)cc2)cc1. The summed E-state index contributed by atoms with van der Waals surface area (Å²) in [7, 11) is -3.98. The van der Waals surface area contributed by atoms with Crippen molar-refractivity contribution in [2.45, 2.75) is 68.8 Å². The van der Waals surface area contributed by atoms with Crippen LogP contribution in [0.5, 0.6) is 0 Å². The van der Waals surface area contributed by atoms with E-state index in [0.29, 0.717) is 18.8 Å². The number of carbonyl (C=O) groups is 1. The highest BCUT2D eigenvalue weighted by Crippen LogP contribution is 2.42. The summed E-state index contributed by atoms with van der Waals surface area (Å²) in [6.45, 7) is 6.00. The van der Waals surface area contributed by atoms with E-state index in [-0.39, 0.29) is 42.2 Å². The number of anilines is 1. The number of nitrogens with zero attached hydrogens (tertiary/aromatic N) is 1. The van der Waals surface area contributed by atoms with E-state index in [2.05, 4.69) is 21.9 Å². The molecule has 0 radical (unpaired) electrons. The minimum atomic E-state index is -3.98. The smallest absolute Gasteiger partial charge is 0.242 e. The molecule has 2 heterocycles. The predicted molar refractivity (Wildman–Crippen MR) is 191 cm³/mol. The van der Waals surface area contributed by atoms with Crippen LogP contribution in [-0.2, 0) is 37.3 Å². The highest BCUT2D eigenvalue weighted by atomic mass is 32.2. The highest BCUT2D eigenvalue weighted by molar-refractivity contribution is 7.89. The number of aryl methyl sites for hydroxylation is 1. The standard InChI is InChI=1S/C39H45N3O7S/c1-26-8-18-34(19-9-26)50(46,47)41-35(22-28-6-4-3-5-7-28)38(45)40-32-16-14-31(15-17-32)39-48-36(24-42-21-20-33(44)23-42)27(2)37(49-39)30-12-10-29(25-43)11-13-30/h3-19,27,33,35-37,39,41,43-44H,20-25H2,1-2H3,(H,40,45)/t27-,33-,35+,36+,37+,39+/m0/s1. The molecule has 4 aromatic rings. The van der Waals surface area contributed by atoms with E-state index in [1.165, 1.54) is 12.1 Å². The molecule has 2 saturated heterocycles. The van der Waals surface area contributed by atoms with Crippen LogP contribution in [0.3, 0.4) is 0 Å². The molecule has 2 fully saturated rings. The Hall–Kier alpha value is -3.94. The first-order chi connectivity index (χ1) is 24.1. The number of benzene rings is 4. The Morgan fingerprint density at radius 1 is 0.900 bits per heavy atom. The van der Waals surface area contributed by atoms with Gasteiger partial charge in [0.1, 0.15) is 6.04 Å². The van der Waals surface area contributed by atoms with Gasteiger partial charge in [-0.1, -0.05) is 91.3 Å². The maximum Gasteiger partial charge on any atom is 0.242 e. The Morgan fingerprint density at radius 3 is 2.22 bits per heavy atom. The fourth-order valence-corrected chi connectivity index (χ4v) is 7.72. The number of likely N-dealkylation sites (tertiary alicyclic amines) is 1. The van der Waals surface area contributed by atoms with E-state index in [1.54, 1.807) is 24.3 Å². The molecule has 10 nitrogen and oxygen atoms in total. The number of rotatable bonds is 12. The fraction of sp³-hybridized carbons (Fsp3) is 0.359. The fourth-order valence-electron chi connectivity index (χ4n) is 6.52. The van der Waals surface area contributed by atoms with Gasteiger partial charge in [-0.2, -0.15) is 4.72 Å². The van der Waals surface area contributed by atoms with Crippen LogP contribution in [0.4, 0.5) is 5.69 Å². The van der Waals surface area contributed by atoms with Crippen molar-refractivity contribution in [3.05, 3.63) is 131 Å². The lowest BCUT2D eigenvalue weighted by atomic mass is 9.90. The quantitative estimate of drug-likeness (QED) is 0.164. The molecule has 0 aliphatic carbocycles. The molecule has 11 heteroatoms. The van der Waals surface area contributed by atoms with Crippen molar-refractivity contribution in [1.82, 2.24) is 9.62 Å². The molecule has 50 heavy (non-hydrogen) atoms. The highest BCUT2D eigenvalue weighted by Gasteiger charge is 2.40. The lowest BCUT2D eigenvalue weighted by Gasteiger charge is -2.42. The molecule has 2 aliphatic rings. The van der Waals surface area contributed by atoms with Crippen LogP contribution in [0.1, 0.15) is 53.6 Å². The third-order valence-electron chi connectivity index (χ3n) is 9.49. The van der Waals surface area contributed by atoms with Crippen LogP contribution in [0.25, 0.3) is 0 Å². The minimum Gasteiger partial charge on any atom is -0.392 e. The summed E-state index contributed by atoms with van der Waals surface area (Å²) in [4.78, 5) is 16.0. The third kappa shape index (κ3) is 8.85. The van der Waals surface area contributed by atoms with E-state index in [1.807, 2.05) is 73.7 Å². The Bertz CT molecular complexity index is 1820. The second-order valence-electron chi connectivity index (χ2n) is 13.3. The average molecular weight is 700 g/mol. The number of sulfonamides is 1. The lowest BCUT2D eigenvalue weighted by Crippen LogP contribution is -2.45. The summed E-state index contributed by atoms with van der Waals surface area (Å²) in [5.41, 5.74) is 4.80. The molecular weight excluding hydrogens is 655 g/mol. The Morgan fingerprint density at radius 2 is 1.58 bits per heavy atom. The Kier molecular flexibility index (Phi) is 11.4. The predicted octanol–water partition coefficient (Wildman–Crippen LogP) is 4.87. The van der Waals surface area contributed by atoms with Gasteiger partial charge in [-0.15, -0.1) is 0 Å². The van der Waals surface area contributed by atoms with E-state index in [4.69, 9.17) is 9.47 Å². The lowest BCUT2D eigenvalue weighted by molar-refractivity contribution is -0.276. The first-order valence-corrected chi connectivity index (χ1v) is 18.5. The summed E-state index contributed by atoms with van der Waals surface area (Å²) in [5.74, 6) is -0.483. The van der Waals surface area contributed by atoms with Gasteiger partial charge in [0.15, 0.2) is 6.29 Å². The van der Waals surface area contributed by atoms with Gasteiger partial charge >= 0.3 is 0 Å². The first kappa shape index (κ1) is 35.9. The molecular formula is C39H45N3O7S. The second kappa shape index (κ2) is 15.9. The van der Waals surface area contributed by atoms with Crippen molar-refractivity contribution in [3.8, 4) is 0 Å². The molecule has 264 valence electrons. The van der Waals surface area contributed by atoms with Crippen LogP contribution >= 0.6 is 0 Å². The topological polar surface area (TPSA) is 137 Å². The number of carbonyl (C=O) groups excluding carboxylic acids is 1. The van der Waals surface area contributed by atoms with E-state index in [0.717, 1.165) is 40.8 Å². The largest absolute Gasteiger partial charge is 0.392 e. The van der Waals surface area contributed by atoms with Gasteiger partial charge in [-0.25, -0.2) is 8.42 Å². The Labute approximate surface area is 294 Å². The average Bonchev–Trinajstić information content (AvgIpc) is 3.54. The van der Waals surface area contributed by atoms with Crippen LogP contribution in [0, 0.1) is 12.8 Å². The first-order valence-electron chi connectivity index (χ1n) is 17.0. The van der Waals surface area contributed by atoms with E-state index >= 15 is 0 Å². The molecule has 6 atom stereocenters. The van der Waals surface area contributed by atoms with Crippen molar-refractivity contribution in [1.29, 1.82) is 0 Å². The minimum absolute atomic E-state index is 0.00719. The molecule has 4 aromatic carbocycles. The zero-order valence-electron chi connectivity index (χ0n) is 28.3. The van der Waals surface area contributed by atoms with Crippen LogP contribution in [-0.4, -0.2) is 67.3 Å².